The minimum absolute atomic E-state index is 0.689. The van der Waals surface area contributed by atoms with Gasteiger partial charge in [-0.3, -0.25) is 0 Å². The highest BCUT2D eigenvalue weighted by atomic mass is 35.5. The van der Waals surface area contributed by atoms with Gasteiger partial charge in [0.05, 0.1) is 10.7 Å². The maximum atomic E-state index is 5.89. The van der Waals surface area contributed by atoms with E-state index in [-0.39, 0.29) is 0 Å². The molecule has 0 fully saturated rings. The smallest absolute Gasteiger partial charge is 0.137 e. The van der Waals surface area contributed by atoms with E-state index in [2.05, 4.69) is 5.32 Å². The first-order chi connectivity index (χ1) is 5.74. The summed E-state index contributed by atoms with van der Waals surface area (Å²) in [5.41, 5.74) is 0.860. The molecule has 0 saturated carbocycles. The van der Waals surface area contributed by atoms with Crippen LogP contribution in [0.3, 0.4) is 0 Å². The molecule has 0 amide bonds. The van der Waals surface area contributed by atoms with Crippen LogP contribution in [-0.4, -0.2) is 10.6 Å². The molecule has 0 heterocycles. The Morgan fingerprint density at radius 2 is 2.17 bits per heavy atom. The molecule has 0 aliphatic rings. The average molecular weight is 218 g/mol. The fourth-order valence-corrected chi connectivity index (χ4v) is 1.23. The van der Waals surface area contributed by atoms with Gasteiger partial charge in [-0.15, -0.1) is 11.8 Å². The molecule has 0 aromatic heterocycles. The van der Waals surface area contributed by atoms with E-state index in [0.29, 0.717) is 5.02 Å². The van der Waals surface area contributed by atoms with E-state index in [1.54, 1.807) is 0 Å². The monoisotopic (exact) mass is 217 g/mol. The van der Waals surface area contributed by atoms with Gasteiger partial charge in [-0.25, -0.2) is 0 Å². The van der Waals surface area contributed by atoms with Gasteiger partial charge in [0.15, 0.2) is 0 Å². The van der Waals surface area contributed by atoms with E-state index in [0.717, 1.165) is 10.0 Å². The lowest BCUT2D eigenvalue weighted by atomic mass is 10.3. The van der Waals surface area contributed by atoms with Gasteiger partial charge in [0.25, 0.3) is 0 Å². The maximum absolute atomic E-state index is 5.89. The fourth-order valence-electron chi connectivity index (χ4n) is 0.724. The number of halogens is 1. The molecule has 1 aromatic rings. The Balaban J connectivity index is 2.75. The molecule has 0 radical (unpaired) electrons. The zero-order chi connectivity index (χ0) is 8.97. The van der Waals surface area contributed by atoms with Crippen molar-refractivity contribution in [3.63, 3.8) is 0 Å². The molecule has 4 heteroatoms. The van der Waals surface area contributed by atoms with Crippen LogP contribution in [0.5, 0.6) is 0 Å². The van der Waals surface area contributed by atoms with Crippen LogP contribution in [0.2, 0.25) is 5.02 Å². The normalized spacial score (nSPS) is 9.50. The Morgan fingerprint density at radius 3 is 2.75 bits per heavy atom. The zero-order valence-electron chi connectivity index (χ0n) is 6.50. The minimum Gasteiger partial charge on any atom is -0.340 e. The van der Waals surface area contributed by atoms with Gasteiger partial charge < -0.3 is 5.32 Å². The topological polar surface area (TPSA) is 12.0 Å². The molecular formula is C8H8ClNS2. The van der Waals surface area contributed by atoms with Gasteiger partial charge in [0.1, 0.15) is 4.32 Å². The largest absolute Gasteiger partial charge is 0.340 e. The molecule has 1 N–H and O–H groups in total. The van der Waals surface area contributed by atoms with Crippen LogP contribution in [0.15, 0.2) is 24.3 Å². The quantitative estimate of drug-likeness (QED) is 0.725. The first-order valence-corrected chi connectivity index (χ1v) is 5.34. The number of anilines is 1. The van der Waals surface area contributed by atoms with Gasteiger partial charge in [0, 0.05) is 0 Å². The molecule has 0 aliphatic carbocycles. The van der Waals surface area contributed by atoms with Crippen LogP contribution >= 0.6 is 35.6 Å². The molecule has 0 aliphatic heterocycles. The molecule has 1 nitrogen and oxygen atoms in total. The van der Waals surface area contributed by atoms with Crippen LogP contribution in [0.25, 0.3) is 0 Å². The van der Waals surface area contributed by atoms with Gasteiger partial charge in [0.2, 0.25) is 0 Å². The zero-order valence-corrected chi connectivity index (χ0v) is 8.89. The van der Waals surface area contributed by atoms with Gasteiger partial charge in [-0.2, -0.15) is 0 Å². The fraction of sp³-hybridized carbons (Fsp3) is 0.125. The number of thiocarbonyl (C=S) groups is 1. The summed E-state index contributed by atoms with van der Waals surface area (Å²) in [6.07, 6.45) is 1.92. The van der Waals surface area contributed by atoms with Crippen molar-refractivity contribution in [3.8, 4) is 0 Å². The van der Waals surface area contributed by atoms with Crippen molar-refractivity contribution in [1.29, 1.82) is 0 Å². The number of hydrogen-bond donors (Lipinski definition) is 1. The van der Waals surface area contributed by atoms with Crippen molar-refractivity contribution >= 4 is 45.6 Å². The minimum atomic E-state index is 0.689. The van der Waals surface area contributed by atoms with Crippen LogP contribution in [0, 0.1) is 0 Å². The second-order valence-electron chi connectivity index (χ2n) is 2.10. The molecule has 1 rings (SSSR count). The highest BCUT2D eigenvalue weighted by molar-refractivity contribution is 8.22. The number of benzene rings is 1. The van der Waals surface area contributed by atoms with E-state index in [9.17, 15) is 0 Å². The van der Waals surface area contributed by atoms with Crippen molar-refractivity contribution in [2.45, 2.75) is 0 Å². The number of para-hydroxylation sites is 1. The van der Waals surface area contributed by atoms with E-state index in [1.807, 2.05) is 30.5 Å². The Labute approximate surface area is 86.5 Å². The second kappa shape index (κ2) is 4.70. The molecule has 0 saturated heterocycles. The van der Waals surface area contributed by atoms with Crippen molar-refractivity contribution in [1.82, 2.24) is 0 Å². The summed E-state index contributed by atoms with van der Waals surface area (Å²) in [5.74, 6) is 0. The molecule has 64 valence electrons. The van der Waals surface area contributed by atoms with Crippen LogP contribution in [0.1, 0.15) is 0 Å². The third kappa shape index (κ3) is 2.66. The average Bonchev–Trinajstić information content (AvgIpc) is 2.09. The molecule has 0 bridgehead atoms. The summed E-state index contributed by atoms with van der Waals surface area (Å²) in [6.45, 7) is 0. The lowest BCUT2D eigenvalue weighted by Crippen LogP contribution is -2.03. The number of rotatable bonds is 1. The van der Waals surface area contributed by atoms with Gasteiger partial charge >= 0.3 is 0 Å². The SMILES string of the molecule is CSC(=S)Nc1ccccc1Cl. The third-order valence-electron chi connectivity index (χ3n) is 1.30. The molecule has 12 heavy (non-hydrogen) atoms. The predicted octanol–water partition coefficient (Wildman–Crippen LogP) is 3.40. The molecular weight excluding hydrogens is 210 g/mol. The van der Waals surface area contributed by atoms with Crippen molar-refractivity contribution in [2.24, 2.45) is 0 Å². The summed E-state index contributed by atoms with van der Waals surface area (Å²) in [7, 11) is 0. The van der Waals surface area contributed by atoms with Crippen LogP contribution < -0.4 is 5.32 Å². The van der Waals surface area contributed by atoms with Crippen LogP contribution in [-0.2, 0) is 0 Å². The summed E-state index contributed by atoms with van der Waals surface area (Å²) in [4.78, 5) is 0. The van der Waals surface area contributed by atoms with E-state index >= 15 is 0 Å². The van der Waals surface area contributed by atoms with Crippen molar-refractivity contribution in [2.75, 3.05) is 11.6 Å². The number of nitrogens with one attached hydrogen (secondary N) is 1. The Kier molecular flexibility index (Phi) is 3.85. The summed E-state index contributed by atoms with van der Waals surface area (Å²) in [5, 5.41) is 3.71. The Hall–Kier alpha value is -0.250. The standard InChI is InChI=1S/C8H8ClNS2/c1-12-8(11)10-7-5-3-2-4-6(7)9/h2-5H,1H3,(H,10,11). The molecule has 0 atom stereocenters. The first-order valence-electron chi connectivity index (χ1n) is 3.33. The lowest BCUT2D eigenvalue weighted by Gasteiger charge is -2.06. The predicted molar refractivity (Wildman–Crippen MR) is 61.2 cm³/mol. The molecule has 0 spiro atoms. The van der Waals surface area contributed by atoms with E-state index in [1.165, 1.54) is 11.8 Å². The lowest BCUT2D eigenvalue weighted by molar-refractivity contribution is 1.66. The molecule has 1 aromatic carbocycles. The number of hydrogen-bond acceptors (Lipinski definition) is 2. The van der Waals surface area contributed by atoms with Crippen LogP contribution in [0.4, 0.5) is 5.69 Å². The summed E-state index contributed by atoms with van der Waals surface area (Å²) in [6, 6.07) is 7.52. The van der Waals surface area contributed by atoms with Gasteiger partial charge in [-0.1, -0.05) is 36.0 Å². The molecule has 0 unspecified atom stereocenters. The maximum Gasteiger partial charge on any atom is 0.137 e. The summed E-state index contributed by atoms with van der Waals surface area (Å²) >= 11 is 12.4. The van der Waals surface area contributed by atoms with Crippen molar-refractivity contribution < 1.29 is 0 Å². The van der Waals surface area contributed by atoms with E-state index in [4.69, 9.17) is 23.8 Å². The second-order valence-corrected chi connectivity index (χ2v) is 3.99. The number of thioether (sulfide) groups is 1. The van der Waals surface area contributed by atoms with Gasteiger partial charge in [-0.05, 0) is 18.4 Å². The van der Waals surface area contributed by atoms with Crippen molar-refractivity contribution in [3.05, 3.63) is 29.3 Å². The Bertz CT molecular complexity index is 288. The first kappa shape index (κ1) is 9.84. The third-order valence-corrected chi connectivity index (χ3v) is 2.70. The Morgan fingerprint density at radius 1 is 1.50 bits per heavy atom. The highest BCUT2D eigenvalue weighted by Crippen LogP contribution is 2.21. The summed E-state index contributed by atoms with van der Waals surface area (Å²) < 4.78 is 0.725. The van der Waals surface area contributed by atoms with E-state index < -0.39 is 0 Å². The highest BCUT2D eigenvalue weighted by Gasteiger charge is 1.98.